The van der Waals surface area contributed by atoms with Crippen LogP contribution < -0.4 is 5.32 Å². The molecule has 4 rings (SSSR count). The second-order valence-electron chi connectivity index (χ2n) is 7.36. The molecular formula is C21H25N5O. The Hall–Kier alpha value is -2.73. The number of likely N-dealkylation sites (tertiary alicyclic amines) is 1. The fourth-order valence-corrected chi connectivity index (χ4v) is 3.89. The lowest BCUT2D eigenvalue weighted by Gasteiger charge is -2.17. The van der Waals surface area contributed by atoms with Gasteiger partial charge in [0.2, 0.25) is 0 Å². The first-order valence-electron chi connectivity index (χ1n) is 9.48. The first kappa shape index (κ1) is 17.7. The molecule has 3 aromatic rings. The van der Waals surface area contributed by atoms with Gasteiger partial charge in [-0.2, -0.15) is 5.10 Å². The second kappa shape index (κ2) is 7.48. The van der Waals surface area contributed by atoms with E-state index in [2.05, 4.69) is 51.5 Å². The lowest BCUT2D eigenvalue weighted by molar-refractivity contribution is 0.0951. The van der Waals surface area contributed by atoms with E-state index >= 15 is 0 Å². The number of nitrogens with zero attached hydrogens (tertiary/aromatic N) is 4. The first-order valence-corrected chi connectivity index (χ1v) is 9.48. The minimum atomic E-state index is -0.115. The Labute approximate surface area is 159 Å². The van der Waals surface area contributed by atoms with E-state index < -0.39 is 0 Å². The molecule has 27 heavy (non-hydrogen) atoms. The molecule has 0 saturated carbocycles. The number of benzene rings is 1. The van der Waals surface area contributed by atoms with Crippen LogP contribution in [-0.2, 0) is 0 Å². The number of fused-ring (bicyclic) bond motifs is 1. The minimum absolute atomic E-state index is 0.115. The summed E-state index contributed by atoms with van der Waals surface area (Å²) in [6.45, 7) is 7.76. The van der Waals surface area contributed by atoms with Gasteiger partial charge in [-0.15, -0.1) is 0 Å². The molecule has 2 aromatic heterocycles. The maximum atomic E-state index is 12.5. The normalized spacial score (nSPS) is 17.5. The Balaban J connectivity index is 1.31. The van der Waals surface area contributed by atoms with Gasteiger partial charge in [-0.25, -0.2) is 9.50 Å². The highest BCUT2D eigenvalue weighted by molar-refractivity contribution is 5.99. The molecule has 1 aliphatic heterocycles. The van der Waals surface area contributed by atoms with Crippen LogP contribution in [0.4, 0.5) is 0 Å². The maximum absolute atomic E-state index is 12.5. The Morgan fingerprint density at radius 2 is 2.11 bits per heavy atom. The Kier molecular flexibility index (Phi) is 4.90. The smallest absolute Gasteiger partial charge is 0.256 e. The van der Waals surface area contributed by atoms with Gasteiger partial charge in [0.05, 0.1) is 6.20 Å². The second-order valence-corrected chi connectivity index (χ2v) is 7.36. The van der Waals surface area contributed by atoms with Crippen molar-refractivity contribution in [1.29, 1.82) is 0 Å². The summed E-state index contributed by atoms with van der Waals surface area (Å²) in [5.74, 6) is 0.477. The van der Waals surface area contributed by atoms with E-state index in [9.17, 15) is 4.79 Å². The Morgan fingerprint density at radius 3 is 2.96 bits per heavy atom. The third-order valence-electron chi connectivity index (χ3n) is 5.34. The van der Waals surface area contributed by atoms with Gasteiger partial charge in [-0.1, -0.05) is 24.3 Å². The summed E-state index contributed by atoms with van der Waals surface area (Å²) >= 11 is 0. The highest BCUT2D eigenvalue weighted by atomic mass is 16.1. The molecule has 6 heteroatoms. The quantitative estimate of drug-likeness (QED) is 0.757. The number of aryl methyl sites for hydroxylation is 2. The summed E-state index contributed by atoms with van der Waals surface area (Å²) in [7, 11) is 0. The van der Waals surface area contributed by atoms with Crippen LogP contribution in [0.3, 0.4) is 0 Å². The molecule has 0 spiro atoms. The zero-order valence-electron chi connectivity index (χ0n) is 15.9. The van der Waals surface area contributed by atoms with E-state index in [-0.39, 0.29) is 5.91 Å². The molecule has 1 atom stereocenters. The van der Waals surface area contributed by atoms with E-state index in [1.54, 1.807) is 16.9 Å². The Morgan fingerprint density at radius 1 is 1.26 bits per heavy atom. The summed E-state index contributed by atoms with van der Waals surface area (Å²) in [6, 6.07) is 8.64. The topological polar surface area (TPSA) is 62.5 Å². The summed E-state index contributed by atoms with van der Waals surface area (Å²) in [4.78, 5) is 19.2. The average molecular weight is 363 g/mol. The van der Waals surface area contributed by atoms with Gasteiger partial charge in [0.25, 0.3) is 5.91 Å². The molecule has 0 radical (unpaired) electrons. The summed E-state index contributed by atoms with van der Waals surface area (Å²) < 4.78 is 1.65. The number of hydrogen-bond acceptors (Lipinski definition) is 4. The van der Waals surface area contributed by atoms with Gasteiger partial charge in [-0.3, -0.25) is 4.79 Å². The van der Waals surface area contributed by atoms with Crippen molar-refractivity contribution in [2.75, 3.05) is 26.2 Å². The van der Waals surface area contributed by atoms with Crippen molar-refractivity contribution in [1.82, 2.24) is 24.8 Å². The lowest BCUT2D eigenvalue weighted by atomic mass is 9.94. The molecule has 140 valence electrons. The van der Waals surface area contributed by atoms with Crippen molar-refractivity contribution in [2.24, 2.45) is 0 Å². The minimum Gasteiger partial charge on any atom is -0.351 e. The van der Waals surface area contributed by atoms with E-state index in [4.69, 9.17) is 0 Å². The van der Waals surface area contributed by atoms with Crippen LogP contribution in [0.25, 0.3) is 5.65 Å². The van der Waals surface area contributed by atoms with Crippen LogP contribution in [0, 0.1) is 13.8 Å². The molecule has 1 N–H and O–H groups in total. The first-order chi connectivity index (χ1) is 13.1. The third-order valence-corrected chi connectivity index (χ3v) is 5.34. The number of rotatable bonds is 5. The zero-order chi connectivity index (χ0) is 18.8. The fraction of sp³-hybridized carbons (Fsp3) is 0.381. The summed E-state index contributed by atoms with van der Waals surface area (Å²) in [6.07, 6.45) is 6.39. The molecule has 6 nitrogen and oxygen atoms in total. The van der Waals surface area contributed by atoms with Crippen LogP contribution in [0.5, 0.6) is 0 Å². The molecule has 0 aliphatic carbocycles. The highest BCUT2D eigenvalue weighted by Gasteiger charge is 2.24. The van der Waals surface area contributed by atoms with Crippen LogP contribution in [0.1, 0.15) is 39.4 Å². The number of nitrogens with one attached hydrogen (secondary N) is 1. The molecule has 0 unspecified atom stereocenters. The molecule has 1 fully saturated rings. The monoisotopic (exact) mass is 363 g/mol. The van der Waals surface area contributed by atoms with Crippen LogP contribution in [0.2, 0.25) is 0 Å². The van der Waals surface area contributed by atoms with Crippen molar-refractivity contribution in [3.05, 3.63) is 65.1 Å². The number of aromatic nitrogens is 3. The van der Waals surface area contributed by atoms with Gasteiger partial charge in [0, 0.05) is 32.0 Å². The number of carbonyl (C=O) groups is 1. The number of carbonyl (C=O) groups excluding carboxylic acids is 1. The Bertz CT molecular complexity index is 964. The van der Waals surface area contributed by atoms with Gasteiger partial charge >= 0.3 is 0 Å². The standard InChI is InChI=1S/C21H25N5O/c1-15-11-23-20-19(12-24-26(20)13-15)21(27)22-8-10-25-9-7-17(14-25)18-6-4-3-5-16(18)2/h3-6,11-13,17H,7-10,14H2,1-2H3,(H,22,27)/t17-/m1/s1. The van der Waals surface area contributed by atoms with Crippen molar-refractivity contribution < 1.29 is 4.79 Å². The van der Waals surface area contributed by atoms with Crippen LogP contribution in [0.15, 0.2) is 42.9 Å². The van der Waals surface area contributed by atoms with Gasteiger partial charge in [-0.05, 0) is 49.4 Å². The number of hydrogen-bond donors (Lipinski definition) is 1. The molecule has 1 aromatic carbocycles. The SMILES string of the molecule is Cc1cnc2c(C(=O)NCCN3CC[C@@H](c4ccccc4C)C3)cnn2c1. The lowest BCUT2D eigenvalue weighted by Crippen LogP contribution is -2.33. The largest absolute Gasteiger partial charge is 0.351 e. The molecule has 0 bridgehead atoms. The van der Waals surface area contributed by atoms with Gasteiger partial charge in [0.1, 0.15) is 5.56 Å². The highest BCUT2D eigenvalue weighted by Crippen LogP contribution is 2.28. The predicted octanol–water partition coefficient (Wildman–Crippen LogP) is 2.57. The number of amides is 1. The summed E-state index contributed by atoms with van der Waals surface area (Å²) in [5, 5.41) is 7.23. The molecule has 1 saturated heterocycles. The maximum Gasteiger partial charge on any atom is 0.256 e. The molecule has 1 amide bonds. The van der Waals surface area contributed by atoms with Crippen molar-refractivity contribution in [3.8, 4) is 0 Å². The molecule has 1 aliphatic rings. The molecular weight excluding hydrogens is 338 g/mol. The average Bonchev–Trinajstić information content (AvgIpc) is 3.28. The van der Waals surface area contributed by atoms with Gasteiger partial charge in [0.15, 0.2) is 5.65 Å². The van der Waals surface area contributed by atoms with Crippen LogP contribution >= 0.6 is 0 Å². The van der Waals surface area contributed by atoms with Crippen molar-refractivity contribution in [2.45, 2.75) is 26.2 Å². The van der Waals surface area contributed by atoms with E-state index in [0.717, 1.165) is 25.2 Å². The van der Waals surface area contributed by atoms with E-state index in [1.807, 2.05) is 13.1 Å². The summed E-state index contributed by atoms with van der Waals surface area (Å²) in [5.41, 5.74) is 4.95. The van der Waals surface area contributed by atoms with E-state index in [0.29, 0.717) is 23.7 Å². The molecule has 3 heterocycles. The third kappa shape index (κ3) is 3.71. The van der Waals surface area contributed by atoms with Crippen molar-refractivity contribution >= 4 is 11.6 Å². The van der Waals surface area contributed by atoms with Crippen LogP contribution in [-0.4, -0.2) is 51.6 Å². The van der Waals surface area contributed by atoms with Crippen molar-refractivity contribution in [3.63, 3.8) is 0 Å². The fourth-order valence-electron chi connectivity index (χ4n) is 3.89. The zero-order valence-corrected chi connectivity index (χ0v) is 15.9. The van der Waals surface area contributed by atoms with E-state index in [1.165, 1.54) is 17.5 Å². The van der Waals surface area contributed by atoms with Gasteiger partial charge < -0.3 is 10.2 Å². The predicted molar refractivity (Wildman–Crippen MR) is 105 cm³/mol.